The minimum Gasteiger partial charge on any atom is -0.485 e. The smallest absolute Gasteiger partial charge is 0.178 e. The minimum atomic E-state index is 0.607. The third kappa shape index (κ3) is 8.98. The number of hydrogen-bond donors (Lipinski definition) is 0. The molecule has 0 N–H and O–H groups in total. The predicted molar refractivity (Wildman–Crippen MR) is 65.1 cm³/mol. The van der Waals surface area contributed by atoms with Gasteiger partial charge in [-0.3, -0.25) is 0 Å². The number of terminal acetylenes is 1. The third-order valence-electron chi connectivity index (χ3n) is 1.88. The van der Waals surface area contributed by atoms with E-state index in [1.54, 1.807) is 6.08 Å². The molecule has 0 saturated heterocycles. The van der Waals surface area contributed by atoms with E-state index in [0.29, 0.717) is 12.4 Å². The third-order valence-corrected chi connectivity index (χ3v) is 1.88. The van der Waals surface area contributed by atoms with Crippen molar-refractivity contribution in [2.45, 2.75) is 46.0 Å². The van der Waals surface area contributed by atoms with Crippen LogP contribution in [0.1, 0.15) is 46.0 Å². The van der Waals surface area contributed by atoms with Crippen molar-refractivity contribution in [1.29, 1.82) is 0 Å². The summed E-state index contributed by atoms with van der Waals surface area (Å²) in [5.74, 6) is 9.05. The second-order valence-electron chi connectivity index (χ2n) is 3.22. The zero-order valence-electron chi connectivity index (χ0n) is 9.81. The van der Waals surface area contributed by atoms with Gasteiger partial charge in [-0.1, -0.05) is 38.0 Å². The first kappa shape index (κ1) is 13.7. The highest BCUT2D eigenvalue weighted by atomic mass is 16.5. The highest BCUT2D eigenvalue weighted by Gasteiger charge is 1.88. The molecule has 0 spiro atoms. The van der Waals surface area contributed by atoms with Gasteiger partial charge in [-0.25, -0.2) is 0 Å². The molecule has 0 rings (SSSR count). The SMILES string of the molecule is C#CC=C(C#CCCCCCC)OCC. The fraction of sp³-hybridized carbons (Fsp3) is 0.571. The van der Waals surface area contributed by atoms with Crippen molar-refractivity contribution >= 4 is 0 Å². The van der Waals surface area contributed by atoms with E-state index >= 15 is 0 Å². The van der Waals surface area contributed by atoms with Crippen molar-refractivity contribution < 1.29 is 4.74 Å². The first-order chi connectivity index (χ1) is 7.35. The summed E-state index contributed by atoms with van der Waals surface area (Å²) < 4.78 is 5.26. The van der Waals surface area contributed by atoms with Gasteiger partial charge in [-0.05, 0) is 19.3 Å². The van der Waals surface area contributed by atoms with Crippen molar-refractivity contribution in [2.24, 2.45) is 0 Å². The van der Waals surface area contributed by atoms with E-state index in [0.717, 1.165) is 12.8 Å². The number of ether oxygens (including phenoxy) is 1. The van der Waals surface area contributed by atoms with Crippen LogP contribution < -0.4 is 0 Å². The molecule has 0 aliphatic heterocycles. The van der Waals surface area contributed by atoms with Crippen LogP contribution in [0, 0.1) is 24.2 Å². The van der Waals surface area contributed by atoms with Crippen LogP contribution in [0.2, 0.25) is 0 Å². The van der Waals surface area contributed by atoms with Crippen LogP contribution in [0.4, 0.5) is 0 Å². The van der Waals surface area contributed by atoms with E-state index in [-0.39, 0.29) is 0 Å². The highest BCUT2D eigenvalue weighted by molar-refractivity contribution is 5.29. The van der Waals surface area contributed by atoms with Crippen LogP contribution in [0.15, 0.2) is 11.8 Å². The summed E-state index contributed by atoms with van der Waals surface area (Å²) in [4.78, 5) is 0. The molecule has 82 valence electrons. The molecule has 0 aromatic heterocycles. The van der Waals surface area contributed by atoms with Gasteiger partial charge >= 0.3 is 0 Å². The lowest BCUT2D eigenvalue weighted by Gasteiger charge is -1.98. The quantitative estimate of drug-likeness (QED) is 0.365. The number of unbranched alkanes of at least 4 members (excludes halogenated alkanes) is 4. The Hall–Kier alpha value is -1.34. The van der Waals surface area contributed by atoms with Gasteiger partial charge in [-0.15, -0.1) is 6.42 Å². The molecule has 0 aliphatic carbocycles. The van der Waals surface area contributed by atoms with Gasteiger partial charge in [0.25, 0.3) is 0 Å². The van der Waals surface area contributed by atoms with Crippen molar-refractivity contribution in [1.82, 2.24) is 0 Å². The first-order valence-electron chi connectivity index (χ1n) is 5.63. The van der Waals surface area contributed by atoms with Gasteiger partial charge in [0, 0.05) is 12.5 Å². The lowest BCUT2D eigenvalue weighted by molar-refractivity contribution is 0.246. The molecule has 0 fully saturated rings. The van der Waals surface area contributed by atoms with E-state index in [1.807, 2.05) is 6.92 Å². The summed E-state index contributed by atoms with van der Waals surface area (Å²) in [5, 5.41) is 0. The molecule has 0 aromatic carbocycles. The van der Waals surface area contributed by atoms with Gasteiger partial charge in [0.15, 0.2) is 5.76 Å². The zero-order valence-corrected chi connectivity index (χ0v) is 9.81. The van der Waals surface area contributed by atoms with Crippen molar-refractivity contribution in [3.63, 3.8) is 0 Å². The summed E-state index contributed by atoms with van der Waals surface area (Å²) in [6, 6.07) is 0. The highest BCUT2D eigenvalue weighted by Crippen LogP contribution is 2.01. The maximum Gasteiger partial charge on any atom is 0.178 e. The molecular formula is C14H20O. The molecule has 0 aliphatic rings. The first-order valence-corrected chi connectivity index (χ1v) is 5.63. The van der Waals surface area contributed by atoms with E-state index in [4.69, 9.17) is 11.2 Å². The number of rotatable bonds is 6. The fourth-order valence-corrected chi connectivity index (χ4v) is 1.13. The van der Waals surface area contributed by atoms with Crippen molar-refractivity contribution in [2.75, 3.05) is 6.61 Å². The lowest BCUT2D eigenvalue weighted by atomic mass is 10.1. The number of hydrogen-bond acceptors (Lipinski definition) is 1. The Bertz CT molecular complexity index is 270. The topological polar surface area (TPSA) is 9.23 Å². The monoisotopic (exact) mass is 204 g/mol. The molecule has 0 heterocycles. The average Bonchev–Trinajstić information content (AvgIpc) is 2.24. The lowest BCUT2D eigenvalue weighted by Crippen LogP contribution is -1.87. The molecule has 15 heavy (non-hydrogen) atoms. The second-order valence-corrected chi connectivity index (χ2v) is 3.22. The summed E-state index contributed by atoms with van der Waals surface area (Å²) in [7, 11) is 0. The fourth-order valence-electron chi connectivity index (χ4n) is 1.13. The molecule has 0 radical (unpaired) electrons. The van der Waals surface area contributed by atoms with Crippen LogP contribution >= 0.6 is 0 Å². The Morgan fingerprint density at radius 3 is 2.67 bits per heavy atom. The second kappa shape index (κ2) is 10.7. The molecule has 0 bridgehead atoms. The van der Waals surface area contributed by atoms with Crippen LogP contribution in [0.25, 0.3) is 0 Å². The summed E-state index contributed by atoms with van der Waals surface area (Å²) in [6.07, 6.45) is 12.6. The van der Waals surface area contributed by atoms with Crippen molar-refractivity contribution in [3.05, 3.63) is 11.8 Å². The largest absolute Gasteiger partial charge is 0.485 e. The van der Waals surface area contributed by atoms with E-state index in [1.165, 1.54) is 19.3 Å². The minimum absolute atomic E-state index is 0.607. The Morgan fingerprint density at radius 2 is 2.07 bits per heavy atom. The van der Waals surface area contributed by atoms with E-state index in [2.05, 4.69) is 24.7 Å². The Kier molecular flexibility index (Phi) is 9.78. The van der Waals surface area contributed by atoms with Crippen LogP contribution in [0.5, 0.6) is 0 Å². The maximum atomic E-state index is 5.26. The van der Waals surface area contributed by atoms with Gasteiger partial charge in [0.2, 0.25) is 0 Å². The van der Waals surface area contributed by atoms with Gasteiger partial charge in [0.05, 0.1) is 6.61 Å². The normalized spacial score (nSPS) is 10.1. The Labute approximate surface area is 93.9 Å². The Balaban J connectivity index is 3.81. The molecule has 1 nitrogen and oxygen atoms in total. The van der Waals surface area contributed by atoms with Crippen molar-refractivity contribution in [3.8, 4) is 24.2 Å². The summed E-state index contributed by atoms with van der Waals surface area (Å²) in [5.41, 5.74) is 0. The molecule has 0 atom stereocenters. The summed E-state index contributed by atoms with van der Waals surface area (Å²) >= 11 is 0. The standard InChI is InChI=1S/C14H20O/c1-4-7-8-9-10-11-13-14(12-5-2)15-6-3/h2,12H,4,6-10H2,1,3H3. The molecule has 0 aromatic rings. The molecule has 1 heteroatoms. The molecular weight excluding hydrogens is 184 g/mol. The van der Waals surface area contributed by atoms with Crippen LogP contribution in [-0.4, -0.2) is 6.61 Å². The predicted octanol–water partition coefficient (Wildman–Crippen LogP) is 3.51. The summed E-state index contributed by atoms with van der Waals surface area (Å²) in [6.45, 7) is 4.74. The Morgan fingerprint density at radius 1 is 1.27 bits per heavy atom. The van der Waals surface area contributed by atoms with Gasteiger partial charge < -0.3 is 4.74 Å². The van der Waals surface area contributed by atoms with Crippen LogP contribution in [-0.2, 0) is 4.74 Å². The van der Waals surface area contributed by atoms with Gasteiger partial charge in [-0.2, -0.15) is 0 Å². The van der Waals surface area contributed by atoms with Crippen LogP contribution in [0.3, 0.4) is 0 Å². The molecule has 0 saturated carbocycles. The zero-order chi connectivity index (χ0) is 11.4. The average molecular weight is 204 g/mol. The van der Waals surface area contributed by atoms with Gasteiger partial charge in [0.1, 0.15) is 0 Å². The molecule has 0 unspecified atom stereocenters. The molecule has 0 amide bonds. The maximum absolute atomic E-state index is 5.26. The van der Waals surface area contributed by atoms with E-state index < -0.39 is 0 Å². The number of allylic oxidation sites excluding steroid dienone is 2. The van der Waals surface area contributed by atoms with E-state index in [9.17, 15) is 0 Å².